The fraction of sp³-hybridized carbons (Fsp3) is 0.909. The molecular weight excluding hydrogens is 192 g/mol. The molecule has 1 saturated heterocycles. The van der Waals surface area contributed by atoms with Crippen molar-refractivity contribution < 1.29 is 9.53 Å². The van der Waals surface area contributed by atoms with Crippen LogP contribution in [0.1, 0.15) is 27.2 Å². The SMILES string of the molecule is CC(C)COC(=O)N1CCC(N)C(C)C1. The van der Waals surface area contributed by atoms with Gasteiger partial charge in [-0.2, -0.15) is 0 Å². The van der Waals surface area contributed by atoms with Crippen molar-refractivity contribution in [1.82, 2.24) is 4.90 Å². The summed E-state index contributed by atoms with van der Waals surface area (Å²) in [6.45, 7) is 8.08. The van der Waals surface area contributed by atoms with Crippen molar-refractivity contribution in [1.29, 1.82) is 0 Å². The molecule has 15 heavy (non-hydrogen) atoms. The summed E-state index contributed by atoms with van der Waals surface area (Å²) in [5.41, 5.74) is 5.88. The van der Waals surface area contributed by atoms with Crippen molar-refractivity contribution in [2.24, 2.45) is 17.6 Å². The molecule has 2 unspecified atom stereocenters. The monoisotopic (exact) mass is 214 g/mol. The smallest absolute Gasteiger partial charge is 0.409 e. The first-order valence-electron chi connectivity index (χ1n) is 5.68. The van der Waals surface area contributed by atoms with Gasteiger partial charge in [-0.25, -0.2) is 4.79 Å². The van der Waals surface area contributed by atoms with Crippen molar-refractivity contribution in [3.05, 3.63) is 0 Å². The molecule has 0 aliphatic carbocycles. The molecule has 1 rings (SSSR count). The van der Waals surface area contributed by atoms with Crippen molar-refractivity contribution in [3.8, 4) is 0 Å². The Hall–Kier alpha value is -0.770. The van der Waals surface area contributed by atoms with Gasteiger partial charge in [0.2, 0.25) is 0 Å². The molecule has 4 nitrogen and oxygen atoms in total. The van der Waals surface area contributed by atoms with E-state index in [-0.39, 0.29) is 12.1 Å². The highest BCUT2D eigenvalue weighted by atomic mass is 16.6. The molecule has 0 radical (unpaired) electrons. The lowest BCUT2D eigenvalue weighted by Gasteiger charge is -2.34. The summed E-state index contributed by atoms with van der Waals surface area (Å²) in [6, 6.07) is 0.221. The van der Waals surface area contributed by atoms with E-state index < -0.39 is 0 Å². The van der Waals surface area contributed by atoms with Crippen LogP contribution in [0.25, 0.3) is 0 Å². The van der Waals surface area contributed by atoms with Gasteiger partial charge in [-0.15, -0.1) is 0 Å². The first-order chi connectivity index (χ1) is 7.00. The minimum absolute atomic E-state index is 0.192. The Morgan fingerprint density at radius 2 is 2.27 bits per heavy atom. The van der Waals surface area contributed by atoms with Crippen LogP contribution in [0.15, 0.2) is 0 Å². The Kier molecular flexibility index (Phi) is 4.39. The summed E-state index contributed by atoms with van der Waals surface area (Å²) in [7, 11) is 0. The molecule has 1 aliphatic heterocycles. The van der Waals surface area contributed by atoms with Crippen LogP contribution in [0.5, 0.6) is 0 Å². The summed E-state index contributed by atoms with van der Waals surface area (Å²) < 4.78 is 5.17. The van der Waals surface area contributed by atoms with E-state index in [9.17, 15) is 4.79 Å². The van der Waals surface area contributed by atoms with Crippen LogP contribution in [-0.4, -0.2) is 36.7 Å². The Bertz CT molecular complexity index is 219. The molecule has 0 bridgehead atoms. The lowest BCUT2D eigenvalue weighted by Crippen LogP contribution is -2.48. The first kappa shape index (κ1) is 12.3. The fourth-order valence-electron chi connectivity index (χ4n) is 1.66. The number of hydrogen-bond donors (Lipinski definition) is 1. The summed E-state index contributed by atoms with van der Waals surface area (Å²) >= 11 is 0. The van der Waals surface area contributed by atoms with Gasteiger partial charge in [0.05, 0.1) is 6.61 Å². The Morgan fingerprint density at radius 1 is 1.60 bits per heavy atom. The van der Waals surface area contributed by atoms with Gasteiger partial charge in [0.15, 0.2) is 0 Å². The number of nitrogens with two attached hydrogens (primary N) is 1. The second-order valence-electron chi connectivity index (χ2n) is 4.85. The van der Waals surface area contributed by atoms with Gasteiger partial charge in [-0.1, -0.05) is 20.8 Å². The van der Waals surface area contributed by atoms with Crippen LogP contribution in [0.4, 0.5) is 4.79 Å². The second kappa shape index (κ2) is 5.35. The molecule has 2 atom stereocenters. The third-order valence-corrected chi connectivity index (χ3v) is 2.77. The number of hydrogen-bond acceptors (Lipinski definition) is 3. The summed E-state index contributed by atoms with van der Waals surface area (Å²) in [5, 5.41) is 0. The second-order valence-corrected chi connectivity index (χ2v) is 4.85. The molecule has 88 valence electrons. The van der Waals surface area contributed by atoms with Gasteiger partial charge in [-0.3, -0.25) is 0 Å². The molecule has 0 aromatic heterocycles. The highest BCUT2D eigenvalue weighted by Crippen LogP contribution is 2.15. The molecule has 1 amide bonds. The van der Waals surface area contributed by atoms with E-state index in [0.29, 0.717) is 18.4 Å². The molecule has 1 fully saturated rings. The quantitative estimate of drug-likeness (QED) is 0.757. The number of ether oxygens (including phenoxy) is 1. The minimum Gasteiger partial charge on any atom is -0.449 e. The fourth-order valence-corrected chi connectivity index (χ4v) is 1.66. The van der Waals surface area contributed by atoms with E-state index >= 15 is 0 Å². The van der Waals surface area contributed by atoms with Gasteiger partial charge >= 0.3 is 6.09 Å². The van der Waals surface area contributed by atoms with E-state index in [1.807, 2.05) is 13.8 Å². The molecule has 1 aliphatic rings. The summed E-state index contributed by atoms with van der Waals surface area (Å²) in [4.78, 5) is 13.4. The summed E-state index contributed by atoms with van der Waals surface area (Å²) in [5.74, 6) is 0.753. The maximum Gasteiger partial charge on any atom is 0.409 e. The van der Waals surface area contributed by atoms with Crippen LogP contribution in [0.3, 0.4) is 0 Å². The lowest BCUT2D eigenvalue weighted by molar-refractivity contribution is 0.0742. The number of likely N-dealkylation sites (tertiary alicyclic amines) is 1. The average molecular weight is 214 g/mol. The highest BCUT2D eigenvalue weighted by molar-refractivity contribution is 5.67. The highest BCUT2D eigenvalue weighted by Gasteiger charge is 2.27. The van der Waals surface area contributed by atoms with Crippen molar-refractivity contribution in [2.45, 2.75) is 33.2 Å². The number of carbonyl (C=O) groups is 1. The van der Waals surface area contributed by atoms with Crippen LogP contribution < -0.4 is 5.73 Å². The zero-order chi connectivity index (χ0) is 11.4. The minimum atomic E-state index is -0.192. The van der Waals surface area contributed by atoms with Crippen LogP contribution in [-0.2, 0) is 4.74 Å². The van der Waals surface area contributed by atoms with Crippen molar-refractivity contribution in [2.75, 3.05) is 19.7 Å². The molecule has 1 heterocycles. The van der Waals surface area contributed by atoms with Crippen molar-refractivity contribution >= 4 is 6.09 Å². The van der Waals surface area contributed by atoms with Crippen LogP contribution in [0.2, 0.25) is 0 Å². The first-order valence-corrected chi connectivity index (χ1v) is 5.68. The normalized spacial score (nSPS) is 26.9. The topological polar surface area (TPSA) is 55.6 Å². The standard InChI is InChI=1S/C11H22N2O2/c1-8(2)7-15-11(14)13-5-4-10(12)9(3)6-13/h8-10H,4-7,12H2,1-3H3. The number of rotatable bonds is 2. The number of amides is 1. The number of carbonyl (C=O) groups excluding carboxylic acids is 1. The Labute approximate surface area is 91.8 Å². The predicted octanol–water partition coefficient (Wildman–Crippen LogP) is 1.45. The van der Waals surface area contributed by atoms with Gasteiger partial charge in [0, 0.05) is 19.1 Å². The van der Waals surface area contributed by atoms with E-state index in [0.717, 1.165) is 19.5 Å². The van der Waals surface area contributed by atoms with Crippen LogP contribution in [0, 0.1) is 11.8 Å². The van der Waals surface area contributed by atoms with Gasteiger partial charge in [0.25, 0.3) is 0 Å². The molecular formula is C11H22N2O2. The van der Waals surface area contributed by atoms with Gasteiger partial charge in [-0.05, 0) is 18.3 Å². The number of nitrogens with zero attached hydrogens (tertiary/aromatic N) is 1. The zero-order valence-electron chi connectivity index (χ0n) is 9.90. The Balaban J connectivity index is 2.34. The molecule has 2 N–H and O–H groups in total. The summed E-state index contributed by atoms with van der Waals surface area (Å²) in [6.07, 6.45) is 0.681. The zero-order valence-corrected chi connectivity index (χ0v) is 9.90. The molecule has 0 spiro atoms. The third-order valence-electron chi connectivity index (χ3n) is 2.77. The maximum absolute atomic E-state index is 11.6. The van der Waals surface area contributed by atoms with E-state index in [1.165, 1.54) is 0 Å². The molecule has 0 saturated carbocycles. The maximum atomic E-state index is 11.6. The van der Waals surface area contributed by atoms with Gasteiger partial charge < -0.3 is 15.4 Å². The molecule has 0 aromatic carbocycles. The van der Waals surface area contributed by atoms with E-state index in [2.05, 4.69) is 6.92 Å². The van der Waals surface area contributed by atoms with Gasteiger partial charge in [0.1, 0.15) is 0 Å². The Morgan fingerprint density at radius 3 is 2.80 bits per heavy atom. The van der Waals surface area contributed by atoms with Crippen molar-refractivity contribution in [3.63, 3.8) is 0 Å². The largest absolute Gasteiger partial charge is 0.449 e. The van der Waals surface area contributed by atoms with Crippen LogP contribution >= 0.6 is 0 Å². The van der Waals surface area contributed by atoms with E-state index in [4.69, 9.17) is 10.5 Å². The predicted molar refractivity (Wildman–Crippen MR) is 59.5 cm³/mol. The third kappa shape index (κ3) is 3.70. The number of piperidine rings is 1. The molecule has 0 aromatic rings. The average Bonchev–Trinajstić information content (AvgIpc) is 2.18. The lowest BCUT2D eigenvalue weighted by atomic mass is 9.95. The van der Waals surface area contributed by atoms with E-state index in [1.54, 1.807) is 4.90 Å². The molecule has 4 heteroatoms.